The summed E-state index contributed by atoms with van der Waals surface area (Å²) in [5.41, 5.74) is -0.374. The molecule has 6 nitrogen and oxygen atoms in total. The Bertz CT molecular complexity index is 1020. The molecule has 0 bridgehead atoms. The Kier molecular flexibility index (Phi) is 4.34. The normalized spacial score (nSPS) is 20.1. The first-order chi connectivity index (χ1) is 13.3. The van der Waals surface area contributed by atoms with Gasteiger partial charge in [0.15, 0.2) is 0 Å². The molecule has 4 rings (SSSR count). The average Bonchev–Trinajstić information content (AvgIpc) is 3.26. The molecule has 1 aromatic heterocycles. The van der Waals surface area contributed by atoms with Crippen LogP contribution < -0.4 is 0 Å². The van der Waals surface area contributed by atoms with Gasteiger partial charge in [-0.3, -0.25) is 4.79 Å². The number of alkyl halides is 3. The summed E-state index contributed by atoms with van der Waals surface area (Å²) < 4.78 is 39.7. The van der Waals surface area contributed by atoms with Crippen molar-refractivity contribution < 1.29 is 23.1 Å². The lowest BCUT2D eigenvalue weighted by molar-refractivity contribution is -0.137. The zero-order valence-electron chi connectivity index (χ0n) is 14.7. The zero-order chi connectivity index (χ0) is 19.9. The molecule has 0 aliphatic carbocycles. The first kappa shape index (κ1) is 18.4. The Hall–Kier alpha value is -2.94. The Morgan fingerprint density at radius 2 is 1.86 bits per heavy atom. The van der Waals surface area contributed by atoms with Gasteiger partial charge in [0, 0.05) is 6.54 Å². The number of hydrogen-bond acceptors (Lipinski definition) is 4. The minimum absolute atomic E-state index is 0.0177. The minimum atomic E-state index is -4.43. The second kappa shape index (κ2) is 6.59. The second-order valence-corrected chi connectivity index (χ2v) is 6.91. The van der Waals surface area contributed by atoms with E-state index in [1.165, 1.54) is 21.7 Å². The van der Waals surface area contributed by atoms with E-state index in [-0.39, 0.29) is 25.4 Å². The van der Waals surface area contributed by atoms with Crippen molar-refractivity contribution in [3.05, 3.63) is 59.7 Å². The van der Waals surface area contributed by atoms with Crippen molar-refractivity contribution in [2.45, 2.75) is 24.7 Å². The molecule has 146 valence electrons. The third-order valence-electron chi connectivity index (χ3n) is 5.06. The van der Waals surface area contributed by atoms with Crippen molar-refractivity contribution in [2.75, 3.05) is 13.1 Å². The van der Waals surface area contributed by atoms with Crippen molar-refractivity contribution in [3.8, 4) is 0 Å². The number of β-amino-alcohol motifs (C(OH)–C–C–N with tert-alkyl or cyclic N) is 1. The Morgan fingerprint density at radius 3 is 2.57 bits per heavy atom. The standard InChI is InChI=1S/C19H17F3N4O2/c20-19(21,22)14-7-5-13(6-8-14)18(28)9-10-25(12-18)17(27)11-26-16-4-2-1-3-15(16)23-24-26/h1-8,28H,9-12H2. The minimum Gasteiger partial charge on any atom is -0.383 e. The lowest BCUT2D eigenvalue weighted by atomic mass is 9.92. The number of rotatable bonds is 3. The molecule has 0 spiro atoms. The van der Waals surface area contributed by atoms with E-state index in [0.717, 1.165) is 17.6 Å². The molecule has 1 aliphatic heterocycles. The van der Waals surface area contributed by atoms with Gasteiger partial charge in [-0.25, -0.2) is 4.68 Å². The third kappa shape index (κ3) is 3.33. The van der Waals surface area contributed by atoms with Crippen molar-refractivity contribution in [3.63, 3.8) is 0 Å². The second-order valence-electron chi connectivity index (χ2n) is 6.91. The summed E-state index contributed by atoms with van der Waals surface area (Å²) in [5, 5.41) is 18.9. The van der Waals surface area contributed by atoms with Gasteiger partial charge in [-0.15, -0.1) is 5.10 Å². The molecule has 0 radical (unpaired) electrons. The summed E-state index contributed by atoms with van der Waals surface area (Å²) in [4.78, 5) is 14.1. The fraction of sp³-hybridized carbons (Fsp3) is 0.316. The highest BCUT2D eigenvalue weighted by Gasteiger charge is 2.40. The van der Waals surface area contributed by atoms with Crippen LogP contribution in [0.5, 0.6) is 0 Å². The topological polar surface area (TPSA) is 71.2 Å². The van der Waals surface area contributed by atoms with E-state index in [9.17, 15) is 23.1 Å². The van der Waals surface area contributed by atoms with Crippen LogP contribution in [0.25, 0.3) is 11.0 Å². The molecule has 1 N–H and O–H groups in total. The molecule has 1 fully saturated rings. The lowest BCUT2D eigenvalue weighted by Gasteiger charge is -2.24. The van der Waals surface area contributed by atoms with Crippen molar-refractivity contribution in [2.24, 2.45) is 0 Å². The van der Waals surface area contributed by atoms with E-state index in [0.29, 0.717) is 17.6 Å². The number of fused-ring (bicyclic) bond motifs is 1. The van der Waals surface area contributed by atoms with E-state index in [1.54, 1.807) is 6.07 Å². The molecule has 3 aromatic rings. The van der Waals surface area contributed by atoms with Crippen LogP contribution in [0.3, 0.4) is 0 Å². The zero-order valence-corrected chi connectivity index (χ0v) is 14.7. The molecular formula is C19H17F3N4O2. The van der Waals surface area contributed by atoms with Crippen LogP contribution >= 0.6 is 0 Å². The largest absolute Gasteiger partial charge is 0.416 e. The number of hydrogen-bond donors (Lipinski definition) is 1. The summed E-state index contributed by atoms with van der Waals surface area (Å²) in [6.45, 7) is 0.302. The molecule has 9 heteroatoms. The highest BCUT2D eigenvalue weighted by molar-refractivity contribution is 5.80. The van der Waals surface area contributed by atoms with Gasteiger partial charge in [-0.05, 0) is 36.2 Å². The predicted octanol–water partition coefficient (Wildman–Crippen LogP) is 2.57. The molecule has 0 saturated carbocycles. The average molecular weight is 390 g/mol. The predicted molar refractivity (Wildman–Crippen MR) is 94.1 cm³/mol. The number of para-hydroxylation sites is 1. The van der Waals surface area contributed by atoms with Crippen LogP contribution in [0.2, 0.25) is 0 Å². The maximum Gasteiger partial charge on any atom is 0.416 e. The summed E-state index contributed by atoms with van der Waals surface area (Å²) in [6, 6.07) is 11.7. The summed E-state index contributed by atoms with van der Waals surface area (Å²) in [6.07, 6.45) is -4.18. The number of likely N-dealkylation sites (tertiary alicyclic amines) is 1. The van der Waals surface area contributed by atoms with Crippen LogP contribution in [0, 0.1) is 0 Å². The lowest BCUT2D eigenvalue weighted by Crippen LogP contribution is -2.36. The number of amides is 1. The molecule has 2 aromatic carbocycles. The molecule has 1 aliphatic rings. The molecule has 1 saturated heterocycles. The highest BCUT2D eigenvalue weighted by Crippen LogP contribution is 2.35. The monoisotopic (exact) mass is 390 g/mol. The first-order valence-corrected chi connectivity index (χ1v) is 8.72. The van der Waals surface area contributed by atoms with E-state index in [1.807, 2.05) is 18.2 Å². The van der Waals surface area contributed by atoms with Gasteiger partial charge in [-0.1, -0.05) is 29.5 Å². The molecule has 1 atom stereocenters. The molecular weight excluding hydrogens is 373 g/mol. The van der Waals surface area contributed by atoms with Crippen molar-refractivity contribution >= 4 is 16.9 Å². The highest BCUT2D eigenvalue weighted by atomic mass is 19.4. The van der Waals surface area contributed by atoms with Gasteiger partial charge in [0.25, 0.3) is 0 Å². The van der Waals surface area contributed by atoms with Crippen LogP contribution in [0.15, 0.2) is 48.5 Å². The number of carbonyl (C=O) groups excluding carboxylic acids is 1. The number of benzene rings is 2. The van der Waals surface area contributed by atoms with E-state index >= 15 is 0 Å². The number of carbonyl (C=O) groups is 1. The molecule has 2 heterocycles. The number of aromatic nitrogens is 3. The molecule has 28 heavy (non-hydrogen) atoms. The van der Waals surface area contributed by atoms with Crippen LogP contribution in [-0.2, 0) is 23.1 Å². The van der Waals surface area contributed by atoms with E-state index in [2.05, 4.69) is 10.3 Å². The quantitative estimate of drug-likeness (QED) is 0.746. The number of nitrogens with zero attached hydrogens (tertiary/aromatic N) is 4. The summed E-state index contributed by atoms with van der Waals surface area (Å²) in [5.74, 6) is -0.238. The van der Waals surface area contributed by atoms with Crippen LogP contribution in [0.4, 0.5) is 13.2 Å². The number of halogens is 3. The fourth-order valence-electron chi connectivity index (χ4n) is 3.47. The summed E-state index contributed by atoms with van der Waals surface area (Å²) >= 11 is 0. The molecule has 1 amide bonds. The van der Waals surface area contributed by atoms with Crippen molar-refractivity contribution in [1.29, 1.82) is 0 Å². The molecule has 1 unspecified atom stereocenters. The van der Waals surface area contributed by atoms with Gasteiger partial charge in [0.05, 0.1) is 17.6 Å². The fourth-order valence-corrected chi connectivity index (χ4v) is 3.47. The van der Waals surface area contributed by atoms with Gasteiger partial charge in [0.1, 0.15) is 17.7 Å². The Labute approximate surface area is 158 Å². The smallest absolute Gasteiger partial charge is 0.383 e. The van der Waals surface area contributed by atoms with E-state index in [4.69, 9.17) is 0 Å². The Balaban J connectivity index is 1.47. The third-order valence-corrected chi connectivity index (χ3v) is 5.06. The maximum atomic E-state index is 12.7. The van der Waals surface area contributed by atoms with Gasteiger partial charge in [-0.2, -0.15) is 13.2 Å². The van der Waals surface area contributed by atoms with E-state index < -0.39 is 17.3 Å². The van der Waals surface area contributed by atoms with Crippen molar-refractivity contribution in [1.82, 2.24) is 19.9 Å². The van der Waals surface area contributed by atoms with Gasteiger partial charge in [0.2, 0.25) is 5.91 Å². The Morgan fingerprint density at radius 1 is 1.14 bits per heavy atom. The number of aliphatic hydroxyl groups is 1. The first-order valence-electron chi connectivity index (χ1n) is 8.72. The van der Waals surface area contributed by atoms with Crippen LogP contribution in [0.1, 0.15) is 17.5 Å². The van der Waals surface area contributed by atoms with Gasteiger partial charge < -0.3 is 10.0 Å². The SMILES string of the molecule is O=C(Cn1nnc2ccccc21)N1CCC(O)(c2ccc(C(F)(F)F)cc2)C1. The maximum absolute atomic E-state index is 12.7. The van der Waals surface area contributed by atoms with Gasteiger partial charge >= 0.3 is 6.18 Å². The van der Waals surface area contributed by atoms with Crippen LogP contribution in [-0.4, -0.2) is 44.0 Å². The summed E-state index contributed by atoms with van der Waals surface area (Å²) in [7, 11) is 0.